The zero-order chi connectivity index (χ0) is 27.6. The van der Waals surface area contributed by atoms with Crippen LogP contribution in [0.5, 0.6) is 0 Å². The van der Waals surface area contributed by atoms with Gasteiger partial charge in [0.1, 0.15) is 17.3 Å². The Labute approximate surface area is 229 Å². The molecule has 0 aliphatic heterocycles. The standard InChI is InChI=1S/C28H24N4O5S2/c1-19-25(27(33)32(31(19)2)23-13-7-4-8-14-23)30-39(35,36)24-15-9-12-21(16-24)28(34)37-17-22-18-38-26(29-22)20-10-5-3-6-11-20/h3-16,18,30H,17H2,1-2H3. The summed E-state index contributed by atoms with van der Waals surface area (Å²) < 4.78 is 37.2. The first-order chi connectivity index (χ1) is 18.7. The van der Waals surface area contributed by atoms with Crippen molar-refractivity contribution in [2.75, 3.05) is 4.72 Å². The number of para-hydroxylation sites is 1. The van der Waals surface area contributed by atoms with Crippen LogP contribution < -0.4 is 10.3 Å². The highest BCUT2D eigenvalue weighted by Crippen LogP contribution is 2.24. The molecule has 5 aromatic rings. The van der Waals surface area contributed by atoms with Crippen molar-refractivity contribution in [3.63, 3.8) is 0 Å². The van der Waals surface area contributed by atoms with Gasteiger partial charge in [0.05, 0.1) is 27.5 Å². The maximum atomic E-state index is 13.2. The second-order valence-electron chi connectivity index (χ2n) is 8.66. The Bertz CT molecular complexity index is 1810. The Kier molecular flexibility index (Phi) is 7.18. The zero-order valence-electron chi connectivity index (χ0n) is 21.1. The number of nitrogens with one attached hydrogen (secondary N) is 1. The van der Waals surface area contributed by atoms with Crippen LogP contribution in [-0.2, 0) is 28.4 Å². The number of rotatable bonds is 8. The lowest BCUT2D eigenvalue weighted by Crippen LogP contribution is -2.23. The highest BCUT2D eigenvalue weighted by Gasteiger charge is 2.23. The molecule has 0 atom stereocenters. The molecule has 0 saturated carbocycles. The predicted molar refractivity (Wildman–Crippen MR) is 150 cm³/mol. The topological polar surface area (TPSA) is 112 Å². The maximum Gasteiger partial charge on any atom is 0.338 e. The number of ether oxygens (including phenoxy) is 1. The summed E-state index contributed by atoms with van der Waals surface area (Å²) in [6.07, 6.45) is 0. The summed E-state index contributed by atoms with van der Waals surface area (Å²) >= 11 is 1.44. The van der Waals surface area contributed by atoms with E-state index in [1.54, 1.807) is 42.9 Å². The molecule has 0 radical (unpaired) electrons. The van der Waals surface area contributed by atoms with Crippen molar-refractivity contribution < 1.29 is 17.9 Å². The Morgan fingerprint density at radius 2 is 1.69 bits per heavy atom. The molecule has 2 aromatic heterocycles. The van der Waals surface area contributed by atoms with E-state index in [-0.39, 0.29) is 22.8 Å². The molecule has 9 nitrogen and oxygen atoms in total. The van der Waals surface area contributed by atoms with Crippen LogP contribution in [0.1, 0.15) is 21.7 Å². The van der Waals surface area contributed by atoms with Crippen LogP contribution in [0.15, 0.2) is 100.0 Å². The van der Waals surface area contributed by atoms with Gasteiger partial charge in [-0.1, -0.05) is 54.6 Å². The van der Waals surface area contributed by atoms with Gasteiger partial charge in [-0.15, -0.1) is 11.3 Å². The minimum atomic E-state index is -4.19. The number of anilines is 1. The minimum absolute atomic E-state index is 0.0559. The van der Waals surface area contributed by atoms with Gasteiger partial charge in [0, 0.05) is 18.0 Å². The number of esters is 1. The van der Waals surface area contributed by atoms with Crippen LogP contribution in [0.2, 0.25) is 0 Å². The number of hydrogen-bond acceptors (Lipinski definition) is 7. The van der Waals surface area contributed by atoms with Crippen molar-refractivity contribution in [1.82, 2.24) is 14.3 Å². The number of aromatic nitrogens is 3. The molecule has 39 heavy (non-hydrogen) atoms. The fourth-order valence-electron chi connectivity index (χ4n) is 3.98. The van der Waals surface area contributed by atoms with E-state index in [0.29, 0.717) is 17.1 Å². The molecule has 0 spiro atoms. The van der Waals surface area contributed by atoms with Crippen LogP contribution in [0, 0.1) is 6.92 Å². The largest absolute Gasteiger partial charge is 0.456 e. The fraction of sp³-hybridized carbons (Fsp3) is 0.107. The third-order valence-corrected chi connectivity index (χ3v) is 8.38. The number of sulfonamides is 1. The molecule has 5 rings (SSSR count). The number of thiazole rings is 1. The van der Waals surface area contributed by atoms with Gasteiger partial charge in [-0.2, -0.15) is 0 Å². The van der Waals surface area contributed by atoms with Gasteiger partial charge in [0.15, 0.2) is 0 Å². The highest BCUT2D eigenvalue weighted by molar-refractivity contribution is 7.92. The van der Waals surface area contributed by atoms with Gasteiger partial charge < -0.3 is 4.74 Å². The first-order valence-electron chi connectivity index (χ1n) is 11.9. The fourth-order valence-corrected chi connectivity index (χ4v) is 5.95. The van der Waals surface area contributed by atoms with Gasteiger partial charge in [-0.25, -0.2) is 22.9 Å². The molecule has 198 valence electrons. The lowest BCUT2D eigenvalue weighted by Gasteiger charge is -2.09. The molecule has 0 saturated heterocycles. The van der Waals surface area contributed by atoms with Crippen molar-refractivity contribution in [1.29, 1.82) is 0 Å². The lowest BCUT2D eigenvalue weighted by atomic mass is 10.2. The maximum absolute atomic E-state index is 13.2. The quantitative estimate of drug-likeness (QED) is 0.274. The molecule has 0 aliphatic rings. The molecule has 0 unspecified atom stereocenters. The SMILES string of the molecule is Cc1c(NS(=O)(=O)c2cccc(C(=O)OCc3csc(-c4ccccc4)n3)c2)c(=O)n(-c2ccccc2)n1C. The summed E-state index contributed by atoms with van der Waals surface area (Å²) in [6.45, 7) is 1.59. The van der Waals surface area contributed by atoms with E-state index < -0.39 is 21.6 Å². The lowest BCUT2D eigenvalue weighted by molar-refractivity contribution is 0.0468. The first kappa shape index (κ1) is 26.1. The first-order valence-corrected chi connectivity index (χ1v) is 14.2. The Hall–Kier alpha value is -4.48. The second kappa shape index (κ2) is 10.7. The van der Waals surface area contributed by atoms with E-state index in [2.05, 4.69) is 9.71 Å². The molecule has 0 bridgehead atoms. The number of nitrogens with zero attached hydrogens (tertiary/aromatic N) is 3. The average Bonchev–Trinajstić information content (AvgIpc) is 3.51. The molecule has 3 aromatic carbocycles. The second-order valence-corrected chi connectivity index (χ2v) is 11.2. The van der Waals surface area contributed by atoms with Crippen LogP contribution >= 0.6 is 11.3 Å². The summed E-state index contributed by atoms with van der Waals surface area (Å²) in [5, 5.41) is 2.62. The molecule has 0 fully saturated rings. The highest BCUT2D eigenvalue weighted by atomic mass is 32.2. The van der Waals surface area contributed by atoms with Crippen molar-refractivity contribution in [3.05, 3.63) is 118 Å². The number of benzene rings is 3. The van der Waals surface area contributed by atoms with Gasteiger partial charge in [-0.05, 0) is 37.3 Å². The minimum Gasteiger partial charge on any atom is -0.456 e. The monoisotopic (exact) mass is 560 g/mol. The average molecular weight is 561 g/mol. The van der Waals surface area contributed by atoms with E-state index in [1.807, 2.05) is 41.8 Å². The summed E-state index contributed by atoms with van der Waals surface area (Å²) in [4.78, 5) is 30.2. The normalized spacial score (nSPS) is 11.3. The molecule has 11 heteroatoms. The third kappa shape index (κ3) is 5.40. The third-order valence-electron chi connectivity index (χ3n) is 6.09. The number of carbonyl (C=O) groups excluding carboxylic acids is 1. The van der Waals surface area contributed by atoms with E-state index in [9.17, 15) is 18.0 Å². The van der Waals surface area contributed by atoms with Crippen LogP contribution in [-0.4, -0.2) is 28.7 Å². The van der Waals surface area contributed by atoms with E-state index in [4.69, 9.17) is 4.74 Å². The van der Waals surface area contributed by atoms with Crippen LogP contribution in [0.4, 0.5) is 5.69 Å². The van der Waals surface area contributed by atoms with Crippen LogP contribution in [0.3, 0.4) is 0 Å². The summed E-state index contributed by atoms with van der Waals surface area (Å²) in [5.41, 5.74) is 2.05. The molecule has 0 aliphatic carbocycles. The smallest absolute Gasteiger partial charge is 0.338 e. The van der Waals surface area contributed by atoms with Crippen molar-refractivity contribution in [2.24, 2.45) is 7.05 Å². The van der Waals surface area contributed by atoms with Crippen molar-refractivity contribution in [2.45, 2.75) is 18.4 Å². The Morgan fingerprint density at radius 3 is 2.41 bits per heavy atom. The molecular formula is C28H24N4O5S2. The summed E-state index contributed by atoms with van der Waals surface area (Å²) in [7, 11) is -2.52. The Morgan fingerprint density at radius 1 is 1.00 bits per heavy atom. The summed E-state index contributed by atoms with van der Waals surface area (Å²) in [5.74, 6) is -0.691. The van der Waals surface area contributed by atoms with Crippen molar-refractivity contribution >= 4 is 33.0 Å². The molecule has 0 amide bonds. The summed E-state index contributed by atoms with van der Waals surface area (Å²) in [6, 6.07) is 24.0. The number of carbonyl (C=O) groups is 1. The van der Waals surface area contributed by atoms with Crippen molar-refractivity contribution in [3.8, 4) is 16.3 Å². The van der Waals surface area contributed by atoms with E-state index in [1.165, 1.54) is 40.3 Å². The van der Waals surface area contributed by atoms with Gasteiger partial charge in [0.2, 0.25) is 0 Å². The molecule has 1 N–H and O–H groups in total. The molecular weight excluding hydrogens is 536 g/mol. The Balaban J connectivity index is 1.33. The zero-order valence-corrected chi connectivity index (χ0v) is 22.7. The van der Waals surface area contributed by atoms with E-state index in [0.717, 1.165) is 10.6 Å². The van der Waals surface area contributed by atoms with Gasteiger partial charge >= 0.3 is 5.97 Å². The molecule has 2 heterocycles. The van der Waals surface area contributed by atoms with Crippen LogP contribution in [0.25, 0.3) is 16.3 Å². The predicted octanol–water partition coefficient (Wildman–Crippen LogP) is 4.77. The van der Waals surface area contributed by atoms with Gasteiger partial charge in [-0.3, -0.25) is 14.2 Å². The van der Waals surface area contributed by atoms with E-state index >= 15 is 0 Å². The number of hydrogen-bond donors (Lipinski definition) is 1. The van der Waals surface area contributed by atoms with Gasteiger partial charge in [0.25, 0.3) is 15.6 Å².